The van der Waals surface area contributed by atoms with Crippen molar-refractivity contribution in [3.63, 3.8) is 0 Å². The van der Waals surface area contributed by atoms with E-state index in [0.29, 0.717) is 5.56 Å². The van der Waals surface area contributed by atoms with Crippen molar-refractivity contribution >= 4 is 12.2 Å². The van der Waals surface area contributed by atoms with E-state index in [1.54, 1.807) is 30.3 Å². The molecule has 1 saturated heterocycles. The zero-order valence-electron chi connectivity index (χ0n) is 13.5. The third-order valence-corrected chi connectivity index (χ3v) is 4.22. The van der Waals surface area contributed by atoms with Crippen LogP contribution in [-0.2, 0) is 11.3 Å². The first-order valence-corrected chi connectivity index (χ1v) is 7.75. The van der Waals surface area contributed by atoms with Gasteiger partial charge in [-0.3, -0.25) is 0 Å². The smallest absolute Gasteiger partial charge is 0.408 e. The molecule has 9 heteroatoms. The molecule has 0 aliphatic carbocycles. The molecule has 1 aromatic carbocycles. The number of carbonyl (C=O) groups is 2. The number of hydrogen-bond donors (Lipinski definition) is 3. The predicted octanol–water partition coefficient (Wildman–Crippen LogP) is 2.05. The van der Waals surface area contributed by atoms with Crippen LogP contribution < -0.4 is 5.32 Å². The summed E-state index contributed by atoms with van der Waals surface area (Å²) in [4.78, 5) is 23.9. The predicted molar refractivity (Wildman–Crippen MR) is 83.4 cm³/mol. The molecule has 0 radical (unpaired) electrons. The van der Waals surface area contributed by atoms with E-state index < -0.39 is 36.8 Å². The molecule has 1 atom stereocenters. The Morgan fingerprint density at radius 1 is 1.32 bits per heavy atom. The highest BCUT2D eigenvalue weighted by Crippen LogP contribution is 2.36. The van der Waals surface area contributed by atoms with E-state index in [0.717, 1.165) is 4.90 Å². The number of carbonyl (C=O) groups excluding carboxylic acids is 1. The molecule has 0 saturated carbocycles. The van der Waals surface area contributed by atoms with Crippen LogP contribution in [0.1, 0.15) is 18.4 Å². The van der Waals surface area contributed by atoms with Gasteiger partial charge in [-0.05, 0) is 18.4 Å². The lowest BCUT2D eigenvalue weighted by atomic mass is 9.83. The molecule has 1 aromatic rings. The number of benzene rings is 1. The maximum absolute atomic E-state index is 14.3. The fraction of sp³-hybridized carbons (Fsp3) is 0.500. The number of rotatable bonds is 5. The number of likely N-dealkylation sites (tertiary alicyclic amines) is 1. The van der Waals surface area contributed by atoms with E-state index >= 15 is 0 Å². The van der Waals surface area contributed by atoms with Gasteiger partial charge < -0.3 is 25.2 Å². The summed E-state index contributed by atoms with van der Waals surface area (Å²) in [6.07, 6.45) is -2.51. The summed E-state index contributed by atoms with van der Waals surface area (Å²) in [5.41, 5.74) is -1.54. The van der Waals surface area contributed by atoms with Crippen molar-refractivity contribution in [2.45, 2.75) is 30.9 Å². The monoisotopic (exact) mass is 358 g/mol. The van der Waals surface area contributed by atoms with Crippen molar-refractivity contribution in [3.8, 4) is 0 Å². The summed E-state index contributed by atoms with van der Waals surface area (Å²) in [6.45, 7) is -2.18. The Labute approximate surface area is 143 Å². The highest BCUT2D eigenvalue weighted by Gasteiger charge is 2.57. The van der Waals surface area contributed by atoms with E-state index in [2.05, 4.69) is 5.32 Å². The Kier molecular flexibility index (Phi) is 5.78. The van der Waals surface area contributed by atoms with Gasteiger partial charge in [0.25, 0.3) is 5.92 Å². The molecule has 7 nitrogen and oxygen atoms in total. The third kappa shape index (κ3) is 4.36. The Morgan fingerprint density at radius 3 is 2.60 bits per heavy atom. The largest absolute Gasteiger partial charge is 0.465 e. The van der Waals surface area contributed by atoms with Gasteiger partial charge >= 0.3 is 12.2 Å². The van der Waals surface area contributed by atoms with Crippen LogP contribution >= 0.6 is 0 Å². The van der Waals surface area contributed by atoms with Gasteiger partial charge in [0.2, 0.25) is 0 Å². The highest BCUT2D eigenvalue weighted by molar-refractivity contribution is 5.69. The van der Waals surface area contributed by atoms with Crippen molar-refractivity contribution in [3.05, 3.63) is 35.9 Å². The van der Waals surface area contributed by atoms with Crippen LogP contribution in [0, 0.1) is 0 Å². The second-order valence-electron chi connectivity index (χ2n) is 5.94. The van der Waals surface area contributed by atoms with Crippen LogP contribution in [0.3, 0.4) is 0 Å². The number of aliphatic hydroxyl groups excluding tert-OH is 1. The number of alkyl carbamates (subject to hydrolysis) is 1. The van der Waals surface area contributed by atoms with E-state index in [1.165, 1.54) is 0 Å². The van der Waals surface area contributed by atoms with Crippen molar-refractivity contribution in [2.24, 2.45) is 0 Å². The quantitative estimate of drug-likeness (QED) is 0.748. The number of halogens is 2. The number of piperidine rings is 1. The van der Waals surface area contributed by atoms with Gasteiger partial charge in [-0.1, -0.05) is 30.3 Å². The van der Waals surface area contributed by atoms with Crippen LogP contribution in [0.2, 0.25) is 0 Å². The molecule has 3 N–H and O–H groups in total. The summed E-state index contributed by atoms with van der Waals surface area (Å²) < 4.78 is 33.6. The summed E-state index contributed by atoms with van der Waals surface area (Å²) >= 11 is 0. The van der Waals surface area contributed by atoms with Gasteiger partial charge in [0.05, 0.1) is 6.54 Å². The molecule has 1 heterocycles. The van der Waals surface area contributed by atoms with E-state index in [4.69, 9.17) is 14.9 Å². The number of alkyl halides is 2. The lowest BCUT2D eigenvalue weighted by Gasteiger charge is -2.45. The summed E-state index contributed by atoms with van der Waals surface area (Å²) in [6, 6.07) is 8.67. The number of hydrogen-bond acceptors (Lipinski definition) is 4. The summed E-state index contributed by atoms with van der Waals surface area (Å²) in [7, 11) is 0. The molecule has 1 fully saturated rings. The van der Waals surface area contributed by atoms with E-state index in [9.17, 15) is 18.4 Å². The second kappa shape index (κ2) is 7.64. The molecule has 2 rings (SSSR count). The Morgan fingerprint density at radius 2 is 2.00 bits per heavy atom. The zero-order chi connectivity index (χ0) is 18.5. The molecule has 0 aromatic heterocycles. The molecular weight excluding hydrogens is 338 g/mol. The molecule has 1 aliphatic rings. The lowest BCUT2D eigenvalue weighted by Crippen LogP contribution is -2.69. The minimum absolute atomic E-state index is 0.0827. The van der Waals surface area contributed by atoms with Gasteiger partial charge in [-0.25, -0.2) is 18.4 Å². The number of aliphatic hydroxyl groups is 1. The first-order chi connectivity index (χ1) is 11.8. The molecule has 1 unspecified atom stereocenters. The number of amides is 2. The van der Waals surface area contributed by atoms with Crippen LogP contribution in [-0.4, -0.2) is 58.5 Å². The van der Waals surface area contributed by atoms with Gasteiger partial charge in [0.1, 0.15) is 18.8 Å². The second-order valence-corrected chi connectivity index (χ2v) is 5.94. The minimum atomic E-state index is -3.70. The van der Waals surface area contributed by atoms with Crippen molar-refractivity contribution < 1.29 is 33.3 Å². The van der Waals surface area contributed by atoms with Gasteiger partial charge in [-0.2, -0.15) is 0 Å². The average molecular weight is 358 g/mol. The Bertz CT molecular complexity index is 614. The fourth-order valence-electron chi connectivity index (χ4n) is 2.82. The molecule has 25 heavy (non-hydrogen) atoms. The maximum Gasteiger partial charge on any atom is 0.408 e. The number of nitrogens with zero attached hydrogens (tertiary/aromatic N) is 1. The fourth-order valence-corrected chi connectivity index (χ4v) is 2.82. The Balaban J connectivity index is 2.10. The zero-order valence-corrected chi connectivity index (χ0v) is 13.5. The van der Waals surface area contributed by atoms with Crippen LogP contribution in [0.15, 0.2) is 30.3 Å². The molecule has 0 spiro atoms. The minimum Gasteiger partial charge on any atom is -0.465 e. The van der Waals surface area contributed by atoms with Crippen LogP contribution in [0.25, 0.3) is 0 Å². The summed E-state index contributed by atoms with van der Waals surface area (Å²) in [5, 5.41) is 20.2. The molecular formula is C16H20F2N2O5. The topological polar surface area (TPSA) is 99.1 Å². The molecule has 138 valence electrons. The number of ether oxygens (including phenoxy) is 1. The Hall–Kier alpha value is -2.42. The first kappa shape index (κ1) is 18.9. The average Bonchev–Trinajstić information content (AvgIpc) is 2.61. The van der Waals surface area contributed by atoms with Crippen molar-refractivity contribution in [1.82, 2.24) is 10.2 Å². The maximum atomic E-state index is 14.3. The molecule has 0 bridgehead atoms. The SMILES string of the molecule is O=C(NC1(C(F)(F)CO)CCCN(C(=O)O)C1)OCc1ccccc1. The lowest BCUT2D eigenvalue weighted by molar-refractivity contribution is -0.138. The molecule has 2 amide bonds. The number of nitrogens with one attached hydrogen (secondary N) is 1. The highest BCUT2D eigenvalue weighted by atomic mass is 19.3. The van der Waals surface area contributed by atoms with Gasteiger partial charge in [-0.15, -0.1) is 0 Å². The van der Waals surface area contributed by atoms with Gasteiger partial charge in [0, 0.05) is 6.54 Å². The van der Waals surface area contributed by atoms with Gasteiger partial charge in [0.15, 0.2) is 0 Å². The first-order valence-electron chi connectivity index (χ1n) is 7.75. The third-order valence-electron chi connectivity index (χ3n) is 4.22. The number of carboxylic acid groups (broad SMARTS) is 1. The van der Waals surface area contributed by atoms with E-state index in [-0.39, 0.29) is 26.0 Å². The van der Waals surface area contributed by atoms with E-state index in [1.807, 2.05) is 0 Å². The van der Waals surface area contributed by atoms with Crippen molar-refractivity contribution in [2.75, 3.05) is 19.7 Å². The van der Waals surface area contributed by atoms with Crippen LogP contribution in [0.4, 0.5) is 18.4 Å². The molecule has 1 aliphatic heterocycles. The standard InChI is InChI=1S/C16H20F2N2O5/c17-16(18,11-21)15(7-4-8-20(10-15)14(23)24)19-13(22)25-9-12-5-2-1-3-6-12/h1-3,5-6,21H,4,7-11H2,(H,19,22)(H,23,24). The normalized spacial score (nSPS) is 20.8. The summed E-state index contributed by atoms with van der Waals surface area (Å²) in [5.74, 6) is -3.70. The van der Waals surface area contributed by atoms with Crippen molar-refractivity contribution in [1.29, 1.82) is 0 Å². The van der Waals surface area contributed by atoms with Crippen LogP contribution in [0.5, 0.6) is 0 Å².